The fraction of sp³-hybridized carbons (Fsp3) is 0.462. The normalized spacial score (nSPS) is 11.5. The molecule has 1 atom stereocenters. The van der Waals surface area contributed by atoms with Crippen molar-refractivity contribution in [1.82, 2.24) is 5.32 Å². The summed E-state index contributed by atoms with van der Waals surface area (Å²) < 4.78 is 10.2. The molecule has 20 heavy (non-hydrogen) atoms. The summed E-state index contributed by atoms with van der Waals surface area (Å²) >= 11 is 0. The van der Waals surface area contributed by atoms with Crippen molar-refractivity contribution in [2.75, 3.05) is 26.9 Å². The molecule has 1 rings (SSSR count). The number of hydrogen-bond donors (Lipinski definition) is 1. The van der Waals surface area contributed by atoms with Crippen molar-refractivity contribution in [2.24, 2.45) is 5.11 Å². The van der Waals surface area contributed by atoms with Crippen molar-refractivity contribution >= 4 is 11.6 Å². The molecule has 0 aliphatic heterocycles. The van der Waals surface area contributed by atoms with Crippen LogP contribution in [0.15, 0.2) is 29.4 Å². The number of rotatable bonds is 8. The molecule has 0 fully saturated rings. The number of benzene rings is 1. The largest absolute Gasteiger partial charge is 0.382 e. The average Bonchev–Trinajstić information content (AvgIpc) is 2.45. The first-order valence-electron chi connectivity index (χ1n) is 6.20. The molecule has 108 valence electrons. The van der Waals surface area contributed by atoms with Gasteiger partial charge in [-0.25, -0.2) is 0 Å². The predicted molar refractivity (Wildman–Crippen MR) is 74.9 cm³/mol. The van der Waals surface area contributed by atoms with Gasteiger partial charge in [0.1, 0.15) is 0 Å². The topological polar surface area (TPSA) is 96.3 Å². The number of amides is 1. The number of ether oxygens (including phenoxy) is 2. The van der Waals surface area contributed by atoms with E-state index in [1.54, 1.807) is 31.4 Å². The second kappa shape index (κ2) is 8.92. The predicted octanol–water partition coefficient (Wildman–Crippen LogP) is 2.41. The fourth-order valence-corrected chi connectivity index (χ4v) is 1.48. The van der Waals surface area contributed by atoms with Crippen LogP contribution in [0.5, 0.6) is 0 Å². The molecule has 7 nitrogen and oxygen atoms in total. The van der Waals surface area contributed by atoms with Gasteiger partial charge >= 0.3 is 0 Å². The molecule has 0 aliphatic carbocycles. The maximum atomic E-state index is 11.9. The number of methoxy groups -OCH3 is 1. The van der Waals surface area contributed by atoms with Gasteiger partial charge in [0.05, 0.1) is 19.8 Å². The van der Waals surface area contributed by atoms with Gasteiger partial charge in [0, 0.05) is 29.3 Å². The van der Waals surface area contributed by atoms with Gasteiger partial charge in [-0.15, -0.1) is 0 Å². The molecule has 1 unspecified atom stereocenters. The number of nitrogens with one attached hydrogen (secondary N) is 1. The standard InChI is InChI=1S/C13H18N4O3/c1-10(9-20-8-7-19-2)15-13(18)11-3-5-12(6-4-11)16-17-14/h3-6,10H,7-9H2,1-2H3,(H,15,18). The Morgan fingerprint density at radius 1 is 1.40 bits per heavy atom. The van der Waals surface area contributed by atoms with Crippen LogP contribution in [0.25, 0.3) is 10.4 Å². The quantitative estimate of drug-likeness (QED) is 0.342. The molecule has 1 aromatic carbocycles. The van der Waals surface area contributed by atoms with Crippen LogP contribution < -0.4 is 5.32 Å². The van der Waals surface area contributed by atoms with Crippen LogP contribution >= 0.6 is 0 Å². The Hall–Kier alpha value is -2.08. The number of hydrogen-bond acceptors (Lipinski definition) is 4. The minimum atomic E-state index is -0.194. The molecule has 7 heteroatoms. The highest BCUT2D eigenvalue weighted by atomic mass is 16.5. The summed E-state index contributed by atoms with van der Waals surface area (Å²) in [4.78, 5) is 14.6. The molecule has 0 bridgehead atoms. The van der Waals surface area contributed by atoms with Gasteiger partial charge in [-0.3, -0.25) is 4.79 Å². The van der Waals surface area contributed by atoms with Gasteiger partial charge < -0.3 is 14.8 Å². The zero-order valence-electron chi connectivity index (χ0n) is 11.6. The van der Waals surface area contributed by atoms with Crippen molar-refractivity contribution in [3.05, 3.63) is 40.3 Å². The van der Waals surface area contributed by atoms with Crippen molar-refractivity contribution in [2.45, 2.75) is 13.0 Å². The van der Waals surface area contributed by atoms with Crippen molar-refractivity contribution < 1.29 is 14.3 Å². The van der Waals surface area contributed by atoms with Crippen molar-refractivity contribution in [3.63, 3.8) is 0 Å². The van der Waals surface area contributed by atoms with E-state index in [4.69, 9.17) is 15.0 Å². The van der Waals surface area contributed by atoms with E-state index in [-0.39, 0.29) is 11.9 Å². The zero-order chi connectivity index (χ0) is 14.8. The summed E-state index contributed by atoms with van der Waals surface area (Å²) in [5.41, 5.74) is 9.27. The molecular formula is C13H18N4O3. The summed E-state index contributed by atoms with van der Waals surface area (Å²) in [5.74, 6) is -0.194. The SMILES string of the molecule is COCCOCC(C)NC(=O)c1ccc(N=[N+]=[N-])cc1. The first kappa shape index (κ1) is 16.0. The highest BCUT2D eigenvalue weighted by Crippen LogP contribution is 2.13. The van der Waals surface area contributed by atoms with E-state index in [1.807, 2.05) is 6.92 Å². The van der Waals surface area contributed by atoms with Crippen LogP contribution in [0, 0.1) is 0 Å². The molecule has 1 amide bonds. The second-order valence-corrected chi connectivity index (χ2v) is 4.18. The summed E-state index contributed by atoms with van der Waals surface area (Å²) in [7, 11) is 1.61. The Morgan fingerprint density at radius 2 is 2.10 bits per heavy atom. The van der Waals surface area contributed by atoms with E-state index in [0.717, 1.165) is 0 Å². The van der Waals surface area contributed by atoms with Crippen LogP contribution in [0.2, 0.25) is 0 Å². The number of azide groups is 1. The molecular weight excluding hydrogens is 260 g/mol. The Kier molecular flexibility index (Phi) is 7.13. The Bertz CT molecular complexity index is 469. The van der Waals surface area contributed by atoms with Crippen LogP contribution in [-0.2, 0) is 9.47 Å². The Balaban J connectivity index is 2.43. The summed E-state index contributed by atoms with van der Waals surface area (Å²) in [6, 6.07) is 6.30. The van der Waals surface area contributed by atoms with Crippen molar-refractivity contribution in [3.8, 4) is 0 Å². The first-order chi connectivity index (χ1) is 9.67. The highest BCUT2D eigenvalue weighted by molar-refractivity contribution is 5.94. The van der Waals surface area contributed by atoms with E-state index in [2.05, 4.69) is 15.3 Å². The van der Waals surface area contributed by atoms with Crippen LogP contribution in [0.4, 0.5) is 5.69 Å². The minimum absolute atomic E-state index is 0.101. The molecule has 0 aromatic heterocycles. The van der Waals surface area contributed by atoms with E-state index in [0.29, 0.717) is 31.1 Å². The number of carbonyl (C=O) groups is 1. The summed E-state index contributed by atoms with van der Waals surface area (Å²) in [6.07, 6.45) is 0. The molecule has 0 radical (unpaired) electrons. The van der Waals surface area contributed by atoms with E-state index in [1.165, 1.54) is 0 Å². The Labute approximate surface area is 117 Å². The molecule has 0 aliphatic rings. The maximum absolute atomic E-state index is 11.9. The lowest BCUT2D eigenvalue weighted by molar-refractivity contribution is 0.0584. The molecule has 0 heterocycles. The van der Waals surface area contributed by atoms with Crippen LogP contribution in [-0.4, -0.2) is 38.9 Å². The van der Waals surface area contributed by atoms with Crippen LogP contribution in [0.1, 0.15) is 17.3 Å². The van der Waals surface area contributed by atoms with Crippen LogP contribution in [0.3, 0.4) is 0 Å². The highest BCUT2D eigenvalue weighted by Gasteiger charge is 2.09. The zero-order valence-corrected chi connectivity index (χ0v) is 11.6. The fourth-order valence-electron chi connectivity index (χ4n) is 1.48. The third-order valence-electron chi connectivity index (χ3n) is 2.47. The third-order valence-corrected chi connectivity index (χ3v) is 2.47. The maximum Gasteiger partial charge on any atom is 0.251 e. The Morgan fingerprint density at radius 3 is 2.70 bits per heavy atom. The number of carbonyl (C=O) groups excluding carboxylic acids is 1. The number of nitrogens with zero attached hydrogens (tertiary/aromatic N) is 3. The van der Waals surface area contributed by atoms with Crippen molar-refractivity contribution in [1.29, 1.82) is 0 Å². The lowest BCUT2D eigenvalue weighted by Crippen LogP contribution is -2.36. The third kappa shape index (κ3) is 5.71. The molecule has 0 saturated heterocycles. The second-order valence-electron chi connectivity index (χ2n) is 4.18. The molecule has 1 N–H and O–H groups in total. The van der Waals surface area contributed by atoms with E-state index in [9.17, 15) is 4.79 Å². The van der Waals surface area contributed by atoms with Gasteiger partial charge in [0.25, 0.3) is 5.91 Å². The minimum Gasteiger partial charge on any atom is -0.382 e. The lowest BCUT2D eigenvalue weighted by Gasteiger charge is -2.14. The first-order valence-corrected chi connectivity index (χ1v) is 6.20. The lowest BCUT2D eigenvalue weighted by atomic mass is 10.2. The van der Waals surface area contributed by atoms with Gasteiger partial charge in [-0.2, -0.15) is 0 Å². The van der Waals surface area contributed by atoms with Gasteiger partial charge in [-0.05, 0) is 24.6 Å². The van der Waals surface area contributed by atoms with Gasteiger partial charge in [0.15, 0.2) is 0 Å². The molecule has 0 spiro atoms. The monoisotopic (exact) mass is 278 g/mol. The van der Waals surface area contributed by atoms with E-state index < -0.39 is 0 Å². The van der Waals surface area contributed by atoms with Gasteiger partial charge in [0.2, 0.25) is 0 Å². The van der Waals surface area contributed by atoms with Gasteiger partial charge in [-0.1, -0.05) is 17.2 Å². The molecule has 0 saturated carbocycles. The smallest absolute Gasteiger partial charge is 0.251 e. The average molecular weight is 278 g/mol. The van der Waals surface area contributed by atoms with E-state index >= 15 is 0 Å². The summed E-state index contributed by atoms with van der Waals surface area (Å²) in [6.45, 7) is 3.31. The molecule has 1 aromatic rings. The summed E-state index contributed by atoms with van der Waals surface area (Å²) in [5, 5.41) is 6.26.